The maximum absolute atomic E-state index is 12.8. The highest BCUT2D eigenvalue weighted by atomic mass is 35.5. The lowest BCUT2D eigenvalue weighted by Crippen LogP contribution is -2.47. The van der Waals surface area contributed by atoms with Crippen molar-refractivity contribution in [1.29, 1.82) is 0 Å². The van der Waals surface area contributed by atoms with Gasteiger partial charge in [-0.3, -0.25) is 19.2 Å². The number of halogens is 2. The standard InChI is InChI=1S/C23H25ClN4O4.C21H25ClN4O4.2CH4/c1-13(2)31-20-10-9-17(12-18(20)24)22(29)27-19(23(30)25-4)11-15-5-7-16(8-6-15)21-26-14(3)32-28-21;1-12(2)30-18-9-8-15(11-16(18)22)20(27)25-17(21(28)24-3)10-13-4-6-14(7-5-13)19(23)26-29;;/h5-10,12-13,19H,11H2,1-4H3,(H,25,30)(H,27,29);4-9,11-12,17,29H,10H2,1-3H3,(H2,23,26)(H,24,28)(H,25,27);2*1H4/t19-;17-;;/m00../s1. The Labute approximate surface area is 384 Å². The molecule has 0 fully saturated rings. The van der Waals surface area contributed by atoms with Crippen molar-refractivity contribution in [3.05, 3.63) is 129 Å². The van der Waals surface area contributed by atoms with Gasteiger partial charge in [0.1, 0.15) is 23.6 Å². The molecule has 16 nitrogen and oxygen atoms in total. The fraction of sp³-hybridized carbons (Fsp3) is 0.326. The molecule has 18 heteroatoms. The van der Waals surface area contributed by atoms with E-state index in [0.717, 1.165) is 16.7 Å². The van der Waals surface area contributed by atoms with E-state index in [9.17, 15) is 19.2 Å². The zero-order chi connectivity index (χ0) is 45.5. The molecular weight excluding hydrogens is 863 g/mol. The number of carbonyl (C=O) groups is 4. The smallest absolute Gasteiger partial charge is 0.251 e. The van der Waals surface area contributed by atoms with Gasteiger partial charge in [-0.25, -0.2) is 0 Å². The van der Waals surface area contributed by atoms with Gasteiger partial charge in [0.15, 0.2) is 5.84 Å². The first-order valence-corrected chi connectivity index (χ1v) is 20.2. The number of amidine groups is 1. The van der Waals surface area contributed by atoms with Gasteiger partial charge in [-0.1, -0.05) is 96.9 Å². The molecule has 5 rings (SSSR count). The van der Waals surface area contributed by atoms with Crippen molar-refractivity contribution in [2.24, 2.45) is 10.9 Å². The minimum absolute atomic E-state index is 0. The maximum atomic E-state index is 12.8. The third kappa shape index (κ3) is 15.6. The molecule has 0 aliphatic heterocycles. The molecule has 0 saturated heterocycles. The predicted octanol–water partition coefficient (Wildman–Crippen LogP) is 7.15. The van der Waals surface area contributed by atoms with Crippen LogP contribution < -0.4 is 36.5 Å². The molecule has 7 N–H and O–H groups in total. The number of likely N-dealkylation sites (N-methyl/N-ethyl adjacent to an activating group) is 2. The molecule has 2 atom stereocenters. The molecule has 0 aliphatic carbocycles. The number of hydrogen-bond donors (Lipinski definition) is 6. The van der Waals surface area contributed by atoms with E-state index in [1.54, 1.807) is 55.5 Å². The van der Waals surface area contributed by atoms with Gasteiger partial charge in [0.2, 0.25) is 23.5 Å². The molecule has 0 unspecified atom stereocenters. The Morgan fingerprint density at radius 1 is 0.703 bits per heavy atom. The first kappa shape index (κ1) is 53.5. The number of nitrogens with zero attached hydrogens (tertiary/aromatic N) is 3. The normalized spacial score (nSPS) is 11.7. The molecule has 0 saturated carbocycles. The van der Waals surface area contributed by atoms with E-state index in [1.807, 2.05) is 52.0 Å². The average molecular weight is 922 g/mol. The van der Waals surface area contributed by atoms with Crippen LogP contribution in [0.4, 0.5) is 0 Å². The van der Waals surface area contributed by atoms with E-state index >= 15 is 0 Å². The van der Waals surface area contributed by atoms with Crippen LogP contribution >= 0.6 is 23.2 Å². The first-order chi connectivity index (χ1) is 29.5. The summed E-state index contributed by atoms with van der Waals surface area (Å²) in [5.41, 5.74) is 9.19. The topological polar surface area (TPSA) is 232 Å². The summed E-state index contributed by atoms with van der Waals surface area (Å²) >= 11 is 12.4. The third-order valence-corrected chi connectivity index (χ3v) is 9.42. The fourth-order valence-corrected chi connectivity index (χ4v) is 6.23. The summed E-state index contributed by atoms with van der Waals surface area (Å²) in [7, 11) is 3.02. The van der Waals surface area contributed by atoms with Gasteiger partial charge < -0.3 is 46.2 Å². The Kier molecular flexibility index (Phi) is 21.3. The van der Waals surface area contributed by atoms with Crippen molar-refractivity contribution in [2.45, 2.75) is 86.6 Å². The van der Waals surface area contributed by atoms with Crippen molar-refractivity contribution in [3.8, 4) is 22.9 Å². The van der Waals surface area contributed by atoms with E-state index in [-0.39, 0.29) is 51.1 Å². The summed E-state index contributed by atoms with van der Waals surface area (Å²) in [6.45, 7) is 9.26. The van der Waals surface area contributed by atoms with Gasteiger partial charge >= 0.3 is 0 Å². The number of nitrogens with one attached hydrogen (secondary N) is 4. The lowest BCUT2D eigenvalue weighted by Gasteiger charge is -2.18. The first-order valence-electron chi connectivity index (χ1n) is 19.5. The summed E-state index contributed by atoms with van der Waals surface area (Å²) in [4.78, 5) is 54.4. The van der Waals surface area contributed by atoms with Crippen molar-refractivity contribution in [1.82, 2.24) is 31.4 Å². The molecular formula is C46H58Cl2N8O8. The number of oxime groups is 1. The number of ether oxygens (including phenoxy) is 2. The van der Waals surface area contributed by atoms with Gasteiger partial charge in [0.25, 0.3) is 11.8 Å². The molecule has 4 amide bonds. The van der Waals surface area contributed by atoms with E-state index in [1.165, 1.54) is 26.2 Å². The zero-order valence-corrected chi connectivity index (χ0v) is 36.8. The molecule has 0 spiro atoms. The van der Waals surface area contributed by atoms with E-state index in [0.29, 0.717) is 56.4 Å². The number of hydrogen-bond acceptors (Lipinski definition) is 11. The zero-order valence-electron chi connectivity index (χ0n) is 35.3. The van der Waals surface area contributed by atoms with E-state index in [4.69, 9.17) is 48.1 Å². The second kappa shape index (κ2) is 25.5. The Bertz CT molecular complexity index is 2350. The Balaban J connectivity index is 0.000000428. The van der Waals surface area contributed by atoms with Crippen LogP contribution in [0.3, 0.4) is 0 Å². The number of carbonyl (C=O) groups excluding carboxylic acids is 4. The molecule has 4 aromatic carbocycles. The lowest BCUT2D eigenvalue weighted by molar-refractivity contribution is -0.123. The number of aryl methyl sites for hydroxylation is 1. The van der Waals surface area contributed by atoms with Crippen LogP contribution in [0.15, 0.2) is 94.6 Å². The number of aromatic nitrogens is 2. The van der Waals surface area contributed by atoms with Gasteiger partial charge in [0, 0.05) is 56.1 Å². The molecule has 0 aliphatic rings. The molecule has 0 bridgehead atoms. The number of amides is 4. The highest BCUT2D eigenvalue weighted by Crippen LogP contribution is 2.28. The highest BCUT2D eigenvalue weighted by molar-refractivity contribution is 6.32. The summed E-state index contributed by atoms with van der Waals surface area (Å²) in [6.07, 6.45) is 0.467. The molecule has 1 heterocycles. The van der Waals surface area contributed by atoms with Crippen molar-refractivity contribution < 1.29 is 38.4 Å². The Morgan fingerprint density at radius 2 is 1.11 bits per heavy atom. The van der Waals surface area contributed by atoms with Crippen LogP contribution in [0.25, 0.3) is 11.4 Å². The maximum Gasteiger partial charge on any atom is 0.251 e. The molecule has 5 aromatic rings. The minimum atomic E-state index is -0.803. The van der Waals surface area contributed by atoms with Crippen molar-refractivity contribution in [2.75, 3.05) is 14.1 Å². The quantitative estimate of drug-likeness (QED) is 0.0252. The second-order valence-corrected chi connectivity index (χ2v) is 15.1. The van der Waals surface area contributed by atoms with E-state index in [2.05, 4.69) is 36.6 Å². The van der Waals surface area contributed by atoms with E-state index < -0.39 is 23.9 Å². The van der Waals surface area contributed by atoms with Crippen molar-refractivity contribution >= 4 is 52.7 Å². The van der Waals surface area contributed by atoms with Gasteiger partial charge in [-0.15, -0.1) is 0 Å². The van der Waals surface area contributed by atoms with Crippen LogP contribution in [0, 0.1) is 6.92 Å². The average Bonchev–Trinajstić information content (AvgIpc) is 3.69. The fourth-order valence-electron chi connectivity index (χ4n) is 5.78. The lowest BCUT2D eigenvalue weighted by atomic mass is 10.0. The molecule has 64 heavy (non-hydrogen) atoms. The largest absolute Gasteiger partial charge is 0.489 e. The summed E-state index contributed by atoms with van der Waals surface area (Å²) in [6, 6.07) is 22.1. The third-order valence-electron chi connectivity index (χ3n) is 8.83. The Hall–Kier alpha value is -6.65. The number of benzene rings is 4. The molecule has 0 radical (unpaired) electrons. The van der Waals surface area contributed by atoms with Gasteiger partial charge in [0.05, 0.1) is 22.3 Å². The minimum Gasteiger partial charge on any atom is -0.489 e. The summed E-state index contributed by atoms with van der Waals surface area (Å²) in [5.74, 6) is 0.457. The van der Waals surface area contributed by atoms with Crippen molar-refractivity contribution in [3.63, 3.8) is 0 Å². The van der Waals surface area contributed by atoms with Crippen LogP contribution in [0.1, 0.15) is 85.8 Å². The highest BCUT2D eigenvalue weighted by Gasteiger charge is 2.23. The molecule has 1 aromatic heterocycles. The molecule has 344 valence electrons. The van der Waals surface area contributed by atoms with Gasteiger partial charge in [-0.2, -0.15) is 4.98 Å². The summed E-state index contributed by atoms with van der Waals surface area (Å²) < 4.78 is 16.2. The Morgan fingerprint density at radius 3 is 1.45 bits per heavy atom. The number of nitrogens with two attached hydrogens (primary N) is 1. The van der Waals surface area contributed by atoms with Crippen LogP contribution in [0.2, 0.25) is 10.0 Å². The summed E-state index contributed by atoms with van der Waals surface area (Å²) in [5, 5.41) is 26.9. The van der Waals surface area contributed by atoms with Crippen LogP contribution in [-0.2, 0) is 22.4 Å². The van der Waals surface area contributed by atoms with Crippen LogP contribution in [0.5, 0.6) is 11.5 Å². The monoisotopic (exact) mass is 920 g/mol. The number of rotatable bonds is 16. The predicted molar refractivity (Wildman–Crippen MR) is 249 cm³/mol. The van der Waals surface area contributed by atoms with Gasteiger partial charge in [-0.05, 0) is 75.2 Å². The SMILES string of the molecule is C.C.CNC(=O)[C@H](Cc1ccc(-c2noc(C)n2)cc1)NC(=O)c1ccc(OC(C)C)c(Cl)c1.CNC(=O)[C@H](Cc1ccc(/C(N)=N/O)cc1)NC(=O)c1ccc(OC(C)C)c(Cl)c1. The second-order valence-electron chi connectivity index (χ2n) is 14.3. The van der Waals surface area contributed by atoms with Crippen LogP contribution in [-0.4, -0.2) is 83.2 Å².